The van der Waals surface area contributed by atoms with Gasteiger partial charge in [-0.15, -0.1) is 0 Å². The van der Waals surface area contributed by atoms with Gasteiger partial charge in [0.05, 0.1) is 11.0 Å². The molecule has 0 atom stereocenters. The van der Waals surface area contributed by atoms with Gasteiger partial charge in [0, 0.05) is 67.3 Å². The van der Waals surface area contributed by atoms with Crippen molar-refractivity contribution in [2.24, 2.45) is 0 Å². The SMILES string of the molecule is Cc1cc(-c2nc(-c3ccccc3)nc(-c3ccccc3)n2)ccc1-n1c2ccc(N(c3ccccc3)c3ccccc3)cc2c2cc(N(c3ccccc3)c3ccccc3)ccc21. The van der Waals surface area contributed by atoms with Crippen LogP contribution in [0.25, 0.3) is 61.7 Å². The van der Waals surface area contributed by atoms with E-state index >= 15 is 0 Å². The molecule has 6 nitrogen and oxygen atoms in total. The Hall–Kier alpha value is -8.61. The number of rotatable bonds is 10. The van der Waals surface area contributed by atoms with Crippen LogP contribution in [-0.2, 0) is 0 Å². The van der Waals surface area contributed by atoms with Crippen molar-refractivity contribution < 1.29 is 0 Å². The van der Waals surface area contributed by atoms with Gasteiger partial charge in [-0.25, -0.2) is 15.0 Å². The molecule has 0 saturated heterocycles. The van der Waals surface area contributed by atoms with E-state index in [4.69, 9.17) is 15.0 Å². The molecule has 0 aliphatic carbocycles. The molecule has 0 saturated carbocycles. The topological polar surface area (TPSA) is 50.1 Å². The fourth-order valence-electron chi connectivity index (χ4n) is 8.72. The van der Waals surface area contributed by atoms with E-state index in [9.17, 15) is 0 Å². The molecule has 0 amide bonds. The van der Waals surface area contributed by atoms with E-state index in [2.05, 4.69) is 197 Å². The summed E-state index contributed by atoms with van der Waals surface area (Å²) in [4.78, 5) is 19.7. The number of hydrogen-bond acceptors (Lipinski definition) is 5. The third kappa shape index (κ3) is 7.23. The number of benzene rings is 9. The Morgan fingerprint density at radius 1 is 0.312 bits per heavy atom. The Labute approximate surface area is 372 Å². The lowest BCUT2D eigenvalue weighted by molar-refractivity contribution is 1.07. The van der Waals surface area contributed by atoms with Crippen molar-refractivity contribution >= 4 is 55.9 Å². The van der Waals surface area contributed by atoms with Crippen LogP contribution in [0.1, 0.15) is 5.56 Å². The lowest BCUT2D eigenvalue weighted by Crippen LogP contribution is -2.09. The van der Waals surface area contributed by atoms with Gasteiger partial charge >= 0.3 is 0 Å². The highest BCUT2D eigenvalue weighted by atomic mass is 15.2. The van der Waals surface area contributed by atoms with Crippen LogP contribution in [0.5, 0.6) is 0 Å². The van der Waals surface area contributed by atoms with Gasteiger partial charge in [0.15, 0.2) is 17.5 Å². The minimum absolute atomic E-state index is 0.627. The zero-order chi connectivity index (χ0) is 42.8. The number of aromatic nitrogens is 4. The third-order valence-electron chi connectivity index (χ3n) is 11.7. The van der Waals surface area contributed by atoms with Crippen molar-refractivity contribution in [3.8, 4) is 39.9 Å². The van der Waals surface area contributed by atoms with Gasteiger partial charge in [-0.1, -0.05) is 133 Å². The largest absolute Gasteiger partial charge is 0.310 e. The van der Waals surface area contributed by atoms with Crippen LogP contribution in [0.15, 0.2) is 237 Å². The van der Waals surface area contributed by atoms with Gasteiger partial charge in [-0.05, 0) is 116 Å². The first-order chi connectivity index (χ1) is 31.7. The predicted octanol–water partition coefficient (Wildman–Crippen LogP) is 15.2. The number of para-hydroxylation sites is 4. The Kier molecular flexibility index (Phi) is 9.99. The van der Waals surface area contributed by atoms with Crippen LogP contribution < -0.4 is 9.80 Å². The number of fused-ring (bicyclic) bond motifs is 3. The fourth-order valence-corrected chi connectivity index (χ4v) is 8.72. The van der Waals surface area contributed by atoms with Crippen LogP contribution in [0.3, 0.4) is 0 Å². The lowest BCUT2D eigenvalue weighted by atomic mass is 10.1. The molecule has 0 radical (unpaired) electrons. The third-order valence-corrected chi connectivity index (χ3v) is 11.7. The summed E-state index contributed by atoms with van der Waals surface area (Å²) in [6, 6.07) is 82.8. The quantitative estimate of drug-likeness (QED) is 0.138. The summed E-state index contributed by atoms with van der Waals surface area (Å²) >= 11 is 0. The predicted molar refractivity (Wildman–Crippen MR) is 265 cm³/mol. The molecule has 2 heterocycles. The van der Waals surface area contributed by atoms with Gasteiger partial charge in [-0.2, -0.15) is 0 Å². The van der Waals surface area contributed by atoms with Crippen LogP contribution in [0, 0.1) is 6.92 Å². The highest BCUT2D eigenvalue weighted by Crippen LogP contribution is 2.43. The van der Waals surface area contributed by atoms with Crippen molar-refractivity contribution in [1.82, 2.24) is 19.5 Å². The highest BCUT2D eigenvalue weighted by molar-refractivity contribution is 6.12. The zero-order valence-corrected chi connectivity index (χ0v) is 35.2. The van der Waals surface area contributed by atoms with E-state index in [0.717, 1.165) is 83.9 Å². The standard InChI is InChI=1S/C58H42N6/c1-41-38-44(58-60-56(42-20-8-2-9-21-42)59-57(61-58)43-22-10-3-11-23-43)32-35-53(41)64-54-36-33-49(62(45-24-12-4-13-25-45)46-26-14-5-15-27-46)39-51(54)52-40-50(34-37-55(52)64)63(47-28-16-6-17-29-47)48-30-18-7-19-31-48/h2-40H,1H3. The normalized spacial score (nSPS) is 11.2. The smallest absolute Gasteiger partial charge is 0.164 e. The molecule has 0 aliphatic rings. The molecule has 0 spiro atoms. The second kappa shape index (κ2) is 16.7. The molecule has 0 bridgehead atoms. The summed E-state index contributed by atoms with van der Waals surface area (Å²) in [6.45, 7) is 2.18. The van der Waals surface area contributed by atoms with E-state index in [1.165, 1.54) is 0 Å². The number of aryl methyl sites for hydroxylation is 1. The van der Waals surface area contributed by atoms with E-state index < -0.39 is 0 Å². The van der Waals surface area contributed by atoms with Crippen molar-refractivity contribution in [2.45, 2.75) is 6.92 Å². The Bertz CT molecular complexity index is 3100. The van der Waals surface area contributed by atoms with E-state index in [1.54, 1.807) is 0 Å². The lowest BCUT2D eigenvalue weighted by Gasteiger charge is -2.26. The molecular formula is C58H42N6. The van der Waals surface area contributed by atoms with E-state index in [1.807, 2.05) is 60.7 Å². The number of nitrogens with zero attached hydrogens (tertiary/aromatic N) is 6. The average molecular weight is 823 g/mol. The summed E-state index contributed by atoms with van der Waals surface area (Å²) in [5.74, 6) is 1.91. The summed E-state index contributed by atoms with van der Waals surface area (Å²) in [7, 11) is 0. The first-order valence-corrected chi connectivity index (χ1v) is 21.5. The molecule has 0 aliphatic heterocycles. The Morgan fingerprint density at radius 2 is 0.656 bits per heavy atom. The Morgan fingerprint density at radius 3 is 1.02 bits per heavy atom. The van der Waals surface area contributed by atoms with Gasteiger partial charge < -0.3 is 14.4 Å². The maximum absolute atomic E-state index is 5.05. The molecule has 0 unspecified atom stereocenters. The molecule has 0 fully saturated rings. The van der Waals surface area contributed by atoms with Gasteiger partial charge in [0.1, 0.15) is 0 Å². The molecule has 64 heavy (non-hydrogen) atoms. The molecule has 6 heteroatoms. The maximum atomic E-state index is 5.05. The van der Waals surface area contributed by atoms with Crippen LogP contribution >= 0.6 is 0 Å². The number of hydrogen-bond donors (Lipinski definition) is 0. The van der Waals surface area contributed by atoms with Crippen LogP contribution in [0.2, 0.25) is 0 Å². The van der Waals surface area contributed by atoms with Gasteiger partial charge in [0.25, 0.3) is 0 Å². The van der Waals surface area contributed by atoms with Crippen molar-refractivity contribution in [2.75, 3.05) is 9.80 Å². The zero-order valence-electron chi connectivity index (χ0n) is 35.2. The molecule has 2 aromatic heterocycles. The second-order valence-corrected chi connectivity index (χ2v) is 15.8. The molecular weight excluding hydrogens is 781 g/mol. The first kappa shape index (κ1) is 38.3. The Balaban J connectivity index is 1.11. The summed E-state index contributed by atoms with van der Waals surface area (Å²) in [5.41, 5.74) is 13.7. The monoisotopic (exact) mass is 822 g/mol. The summed E-state index contributed by atoms with van der Waals surface area (Å²) in [5, 5.41) is 2.29. The van der Waals surface area contributed by atoms with Crippen molar-refractivity contribution in [3.05, 3.63) is 242 Å². The van der Waals surface area contributed by atoms with E-state index in [-0.39, 0.29) is 0 Å². The molecule has 9 aromatic carbocycles. The molecule has 11 aromatic rings. The summed E-state index contributed by atoms with van der Waals surface area (Å²) < 4.78 is 2.40. The average Bonchev–Trinajstić information content (AvgIpc) is 3.68. The van der Waals surface area contributed by atoms with Crippen molar-refractivity contribution in [1.29, 1.82) is 0 Å². The highest BCUT2D eigenvalue weighted by Gasteiger charge is 2.21. The minimum atomic E-state index is 0.627. The second-order valence-electron chi connectivity index (χ2n) is 15.8. The molecule has 11 rings (SSSR count). The molecule has 304 valence electrons. The van der Waals surface area contributed by atoms with Crippen molar-refractivity contribution in [3.63, 3.8) is 0 Å². The van der Waals surface area contributed by atoms with Crippen LogP contribution in [-0.4, -0.2) is 19.5 Å². The minimum Gasteiger partial charge on any atom is -0.310 e. The molecule has 0 N–H and O–H groups in total. The maximum Gasteiger partial charge on any atom is 0.164 e. The fraction of sp³-hybridized carbons (Fsp3) is 0.0172. The number of anilines is 6. The summed E-state index contributed by atoms with van der Waals surface area (Å²) in [6.07, 6.45) is 0. The van der Waals surface area contributed by atoms with Gasteiger partial charge in [-0.3, -0.25) is 0 Å². The van der Waals surface area contributed by atoms with Gasteiger partial charge in [0.2, 0.25) is 0 Å². The van der Waals surface area contributed by atoms with Crippen LogP contribution in [0.4, 0.5) is 34.1 Å². The first-order valence-electron chi connectivity index (χ1n) is 21.5. The van der Waals surface area contributed by atoms with E-state index in [0.29, 0.717) is 17.5 Å².